The number of ether oxygens (including phenoxy) is 1. The number of hydrogen-bond donors (Lipinski definition) is 3. The molecule has 2 aromatic rings. The number of benzene rings is 2. The van der Waals surface area contributed by atoms with E-state index in [2.05, 4.69) is 5.32 Å². The molecular weight excluding hydrogens is 366 g/mol. The normalized spacial score (nSPS) is 15.5. The molecule has 0 aromatic heterocycles. The third kappa shape index (κ3) is 5.44. The molecule has 0 saturated carbocycles. The Bertz CT molecular complexity index is 919. The fourth-order valence-corrected chi connectivity index (χ4v) is 3.63. The second-order valence-electron chi connectivity index (χ2n) is 7.78. The zero-order chi connectivity index (χ0) is 21.0. The lowest BCUT2D eigenvalue weighted by Gasteiger charge is -2.24. The summed E-state index contributed by atoms with van der Waals surface area (Å²) in [5, 5.41) is 10.3. The number of esters is 1. The van der Waals surface area contributed by atoms with Gasteiger partial charge < -0.3 is 15.8 Å². The van der Waals surface area contributed by atoms with E-state index in [1.807, 2.05) is 32.0 Å². The lowest BCUT2D eigenvalue weighted by atomic mass is 9.81. The van der Waals surface area contributed by atoms with Crippen molar-refractivity contribution < 1.29 is 14.3 Å². The highest BCUT2D eigenvalue weighted by atomic mass is 16.5. The van der Waals surface area contributed by atoms with E-state index < -0.39 is 0 Å². The average molecular weight is 393 g/mol. The first-order valence-corrected chi connectivity index (χ1v) is 9.89. The Morgan fingerprint density at radius 1 is 1.14 bits per heavy atom. The van der Waals surface area contributed by atoms with Crippen LogP contribution in [0.4, 0.5) is 5.69 Å². The molecule has 6 nitrogen and oxygen atoms in total. The largest absolute Gasteiger partial charge is 0.463 e. The maximum Gasteiger partial charge on any atom is 0.306 e. The maximum absolute atomic E-state index is 12.6. The van der Waals surface area contributed by atoms with Gasteiger partial charge in [-0.3, -0.25) is 15.0 Å². The van der Waals surface area contributed by atoms with Gasteiger partial charge in [0.2, 0.25) is 0 Å². The van der Waals surface area contributed by atoms with E-state index >= 15 is 0 Å². The summed E-state index contributed by atoms with van der Waals surface area (Å²) in [4.78, 5) is 24.6. The molecule has 0 saturated heterocycles. The van der Waals surface area contributed by atoms with E-state index in [-0.39, 0.29) is 29.7 Å². The van der Waals surface area contributed by atoms with Crippen molar-refractivity contribution in [1.29, 1.82) is 5.41 Å². The topological polar surface area (TPSA) is 105 Å². The number of nitrogens with one attached hydrogen (secondary N) is 2. The molecule has 1 amide bonds. The summed E-state index contributed by atoms with van der Waals surface area (Å²) in [6, 6.07) is 12.6. The van der Waals surface area contributed by atoms with Crippen molar-refractivity contribution in [2.75, 3.05) is 5.32 Å². The second-order valence-corrected chi connectivity index (χ2v) is 7.78. The summed E-state index contributed by atoms with van der Waals surface area (Å²) < 4.78 is 5.27. The molecule has 1 aliphatic rings. The minimum atomic E-state index is -0.190. The number of carbonyl (C=O) groups excluding carboxylic acids is 2. The SMILES string of the molecule is CC(C)OC(=O)CC1CCc2ccc(C(=O)Nc3ccc(C(=N)N)cc3)cc2C1. The van der Waals surface area contributed by atoms with Crippen LogP contribution in [0, 0.1) is 11.3 Å². The van der Waals surface area contributed by atoms with Crippen molar-refractivity contribution in [2.45, 2.75) is 45.6 Å². The summed E-state index contributed by atoms with van der Waals surface area (Å²) in [5.41, 5.74) is 9.66. The highest BCUT2D eigenvalue weighted by Gasteiger charge is 2.23. The van der Waals surface area contributed by atoms with Crippen LogP contribution in [-0.4, -0.2) is 23.8 Å². The number of carbonyl (C=O) groups is 2. The van der Waals surface area contributed by atoms with Gasteiger partial charge in [0.25, 0.3) is 5.91 Å². The molecule has 0 radical (unpaired) electrons. The van der Waals surface area contributed by atoms with Crippen LogP contribution in [-0.2, 0) is 22.4 Å². The molecule has 1 aliphatic carbocycles. The van der Waals surface area contributed by atoms with Gasteiger partial charge in [-0.1, -0.05) is 6.07 Å². The number of aryl methyl sites for hydroxylation is 1. The molecule has 6 heteroatoms. The number of amidine groups is 1. The van der Waals surface area contributed by atoms with E-state index in [0.717, 1.165) is 24.8 Å². The zero-order valence-corrected chi connectivity index (χ0v) is 16.8. The van der Waals surface area contributed by atoms with Gasteiger partial charge in [-0.15, -0.1) is 0 Å². The van der Waals surface area contributed by atoms with Crippen LogP contribution in [0.2, 0.25) is 0 Å². The highest BCUT2D eigenvalue weighted by Crippen LogP contribution is 2.29. The molecule has 0 aliphatic heterocycles. The summed E-state index contributed by atoms with van der Waals surface area (Å²) in [6.07, 6.45) is 2.95. The predicted molar refractivity (Wildman–Crippen MR) is 113 cm³/mol. The van der Waals surface area contributed by atoms with E-state index in [4.69, 9.17) is 15.9 Å². The molecule has 152 valence electrons. The van der Waals surface area contributed by atoms with Crippen molar-refractivity contribution in [3.63, 3.8) is 0 Å². The van der Waals surface area contributed by atoms with Crippen LogP contribution >= 0.6 is 0 Å². The molecule has 0 spiro atoms. The van der Waals surface area contributed by atoms with Crippen LogP contribution in [0.15, 0.2) is 42.5 Å². The number of nitrogen functional groups attached to an aromatic ring is 1. The smallest absolute Gasteiger partial charge is 0.306 e. The van der Waals surface area contributed by atoms with Crippen LogP contribution in [0.5, 0.6) is 0 Å². The molecule has 3 rings (SSSR count). The molecular formula is C23H27N3O3. The quantitative estimate of drug-likeness (QED) is 0.395. The van der Waals surface area contributed by atoms with Crippen molar-refractivity contribution in [3.8, 4) is 0 Å². The Morgan fingerprint density at radius 3 is 2.48 bits per heavy atom. The summed E-state index contributed by atoms with van der Waals surface area (Å²) in [6.45, 7) is 3.71. The molecule has 0 bridgehead atoms. The number of rotatable bonds is 6. The van der Waals surface area contributed by atoms with Gasteiger partial charge >= 0.3 is 5.97 Å². The third-order valence-corrected chi connectivity index (χ3v) is 5.08. The Kier molecular flexibility index (Phi) is 6.32. The van der Waals surface area contributed by atoms with Crippen molar-refractivity contribution >= 4 is 23.4 Å². The Balaban J connectivity index is 1.66. The Labute approximate surface area is 171 Å². The van der Waals surface area contributed by atoms with Gasteiger partial charge in [-0.05, 0) is 86.6 Å². The van der Waals surface area contributed by atoms with Gasteiger partial charge in [-0.2, -0.15) is 0 Å². The number of fused-ring (bicyclic) bond motifs is 1. The Morgan fingerprint density at radius 2 is 1.83 bits per heavy atom. The summed E-state index contributed by atoms with van der Waals surface area (Å²) >= 11 is 0. The summed E-state index contributed by atoms with van der Waals surface area (Å²) in [5.74, 6) is -0.114. The van der Waals surface area contributed by atoms with Crippen LogP contribution in [0.25, 0.3) is 0 Å². The molecule has 4 N–H and O–H groups in total. The number of hydrogen-bond acceptors (Lipinski definition) is 4. The summed E-state index contributed by atoms with van der Waals surface area (Å²) in [7, 11) is 0. The van der Waals surface area contributed by atoms with Crippen molar-refractivity contribution in [3.05, 3.63) is 64.7 Å². The molecule has 1 atom stereocenters. The third-order valence-electron chi connectivity index (χ3n) is 5.08. The Hall–Kier alpha value is -3.15. The number of nitrogens with two attached hydrogens (primary N) is 1. The number of amides is 1. The molecule has 1 unspecified atom stereocenters. The fourth-order valence-electron chi connectivity index (χ4n) is 3.63. The van der Waals surface area contributed by atoms with Gasteiger partial charge in [0, 0.05) is 23.2 Å². The lowest BCUT2D eigenvalue weighted by molar-refractivity contribution is -0.148. The van der Waals surface area contributed by atoms with Crippen LogP contribution in [0.1, 0.15) is 53.7 Å². The minimum Gasteiger partial charge on any atom is -0.463 e. The lowest BCUT2D eigenvalue weighted by Crippen LogP contribution is -2.21. The van der Waals surface area contributed by atoms with E-state index in [0.29, 0.717) is 23.2 Å². The van der Waals surface area contributed by atoms with E-state index in [9.17, 15) is 9.59 Å². The predicted octanol–water partition coefficient (Wildman–Crippen LogP) is 3.67. The average Bonchev–Trinajstić information content (AvgIpc) is 2.67. The van der Waals surface area contributed by atoms with Crippen LogP contribution < -0.4 is 11.1 Å². The number of anilines is 1. The van der Waals surface area contributed by atoms with Crippen molar-refractivity contribution in [1.82, 2.24) is 0 Å². The fraction of sp³-hybridized carbons (Fsp3) is 0.348. The molecule has 0 heterocycles. The second kappa shape index (κ2) is 8.90. The van der Waals surface area contributed by atoms with E-state index in [1.165, 1.54) is 5.56 Å². The first-order valence-electron chi connectivity index (χ1n) is 9.89. The molecule has 0 fully saturated rings. The van der Waals surface area contributed by atoms with Crippen LogP contribution in [0.3, 0.4) is 0 Å². The van der Waals surface area contributed by atoms with Crippen molar-refractivity contribution in [2.24, 2.45) is 11.7 Å². The molecule has 29 heavy (non-hydrogen) atoms. The molecule has 2 aromatic carbocycles. The first-order chi connectivity index (χ1) is 13.8. The standard InChI is InChI=1S/C23H27N3O3/c1-14(2)29-21(27)12-15-3-4-16-5-6-18(13-19(16)11-15)23(28)26-20-9-7-17(8-10-20)22(24)25/h5-10,13-15H,3-4,11-12H2,1-2H3,(H3,24,25)(H,26,28). The minimum absolute atomic E-state index is 0.00982. The monoisotopic (exact) mass is 393 g/mol. The first kappa shape index (κ1) is 20.6. The maximum atomic E-state index is 12.6. The van der Waals surface area contributed by atoms with Gasteiger partial charge in [-0.25, -0.2) is 0 Å². The van der Waals surface area contributed by atoms with Gasteiger partial charge in [0.05, 0.1) is 6.10 Å². The highest BCUT2D eigenvalue weighted by molar-refractivity contribution is 6.04. The van der Waals surface area contributed by atoms with Gasteiger partial charge in [0.1, 0.15) is 5.84 Å². The van der Waals surface area contributed by atoms with E-state index in [1.54, 1.807) is 24.3 Å². The zero-order valence-electron chi connectivity index (χ0n) is 16.8. The van der Waals surface area contributed by atoms with Gasteiger partial charge in [0.15, 0.2) is 0 Å².